The fourth-order valence-electron chi connectivity index (χ4n) is 3.13. The molecule has 0 unspecified atom stereocenters. The zero-order valence-corrected chi connectivity index (χ0v) is 16.4. The van der Waals surface area contributed by atoms with Gasteiger partial charge in [-0.25, -0.2) is 4.98 Å². The molecule has 0 aliphatic rings. The highest BCUT2D eigenvalue weighted by atomic mass is 79.9. The third kappa shape index (κ3) is 3.00. The number of rotatable bonds is 2. The Hall–Kier alpha value is -2.64. The molecular weight excluding hydrogens is 398 g/mol. The lowest BCUT2D eigenvalue weighted by atomic mass is 10.0. The summed E-state index contributed by atoms with van der Waals surface area (Å²) in [5, 5.41) is 0.914. The molecule has 0 bridgehead atoms. The monoisotopic (exact) mass is 417 g/mol. The summed E-state index contributed by atoms with van der Waals surface area (Å²) < 4.78 is 7.46. The fourth-order valence-corrected chi connectivity index (χ4v) is 3.13. The van der Waals surface area contributed by atoms with Crippen LogP contribution in [0.3, 0.4) is 0 Å². The van der Waals surface area contributed by atoms with Crippen LogP contribution >= 0.6 is 17.0 Å². The number of methoxy groups -OCH3 is 1. The van der Waals surface area contributed by atoms with Crippen LogP contribution in [0.4, 0.5) is 0 Å². The van der Waals surface area contributed by atoms with Gasteiger partial charge in [0.1, 0.15) is 11.4 Å². The van der Waals surface area contributed by atoms with E-state index in [1.165, 1.54) is 11.6 Å². The maximum atomic E-state index is 11.7. The SMILES string of the molecule is Br.COc1ccc(-c2nc3cc(C)ccn3c2C)c2ccc(=O)[nH]c12.O. The minimum atomic E-state index is -0.153. The van der Waals surface area contributed by atoms with Crippen LogP contribution in [0.1, 0.15) is 11.3 Å². The van der Waals surface area contributed by atoms with Crippen molar-refractivity contribution in [1.29, 1.82) is 0 Å². The quantitative estimate of drug-likeness (QED) is 0.542. The number of aromatic nitrogens is 3. The maximum absolute atomic E-state index is 11.7. The van der Waals surface area contributed by atoms with E-state index >= 15 is 0 Å². The summed E-state index contributed by atoms with van der Waals surface area (Å²) in [4.78, 5) is 19.4. The number of aromatic amines is 1. The van der Waals surface area contributed by atoms with Crippen LogP contribution in [-0.2, 0) is 0 Å². The second-order valence-electron chi connectivity index (χ2n) is 5.90. The number of ether oxygens (including phenoxy) is 1. The molecule has 0 fully saturated rings. The Kier molecular flexibility index (Phi) is 5.53. The highest BCUT2D eigenvalue weighted by Crippen LogP contribution is 2.34. The fraction of sp³-hybridized carbons (Fsp3) is 0.158. The lowest BCUT2D eigenvalue weighted by Crippen LogP contribution is -2.04. The van der Waals surface area contributed by atoms with E-state index in [2.05, 4.69) is 28.4 Å². The normalized spacial score (nSPS) is 10.4. The first-order valence-electron chi connectivity index (χ1n) is 7.74. The molecule has 3 heterocycles. The highest BCUT2D eigenvalue weighted by molar-refractivity contribution is 8.93. The van der Waals surface area contributed by atoms with Gasteiger partial charge in [0.2, 0.25) is 5.56 Å². The van der Waals surface area contributed by atoms with Crippen LogP contribution < -0.4 is 10.3 Å². The summed E-state index contributed by atoms with van der Waals surface area (Å²) >= 11 is 0. The van der Waals surface area contributed by atoms with Crippen molar-refractivity contribution in [3.63, 3.8) is 0 Å². The van der Waals surface area contributed by atoms with Crippen molar-refractivity contribution in [3.8, 4) is 17.0 Å². The molecule has 0 saturated heterocycles. The summed E-state index contributed by atoms with van der Waals surface area (Å²) in [6, 6.07) is 11.3. The maximum Gasteiger partial charge on any atom is 0.248 e. The summed E-state index contributed by atoms with van der Waals surface area (Å²) in [7, 11) is 1.60. The van der Waals surface area contributed by atoms with E-state index in [4.69, 9.17) is 9.72 Å². The van der Waals surface area contributed by atoms with E-state index in [1.54, 1.807) is 7.11 Å². The lowest BCUT2D eigenvalue weighted by molar-refractivity contribution is 0.419. The van der Waals surface area contributed by atoms with Crippen LogP contribution in [0.5, 0.6) is 5.75 Å². The first kappa shape index (κ1) is 19.7. The molecule has 0 aliphatic heterocycles. The van der Waals surface area contributed by atoms with E-state index in [-0.39, 0.29) is 28.0 Å². The first-order valence-corrected chi connectivity index (χ1v) is 7.74. The number of fused-ring (bicyclic) bond motifs is 2. The van der Waals surface area contributed by atoms with Crippen molar-refractivity contribution in [2.75, 3.05) is 7.11 Å². The van der Waals surface area contributed by atoms with Crippen molar-refractivity contribution in [1.82, 2.24) is 14.4 Å². The number of benzene rings is 1. The van der Waals surface area contributed by atoms with Gasteiger partial charge in [0.25, 0.3) is 0 Å². The zero-order valence-electron chi connectivity index (χ0n) is 14.7. The molecule has 3 N–H and O–H groups in total. The number of nitrogens with one attached hydrogen (secondary N) is 1. The standard InChI is InChI=1S/C19H17N3O2.BrH.H2O/c1-11-8-9-22-12(2)18(20-16(22)10-11)13-4-6-15(24-3)19-14(13)5-7-17(23)21-19;;/h4-10H,1-3H3,(H,21,23);1H;1H2. The Bertz CT molecular complexity index is 1150. The van der Waals surface area contributed by atoms with Crippen LogP contribution in [0.15, 0.2) is 47.4 Å². The highest BCUT2D eigenvalue weighted by Gasteiger charge is 2.15. The molecule has 0 atom stereocenters. The minimum Gasteiger partial charge on any atom is -0.495 e. The van der Waals surface area contributed by atoms with Crippen molar-refractivity contribution in [2.24, 2.45) is 0 Å². The van der Waals surface area contributed by atoms with Gasteiger partial charge < -0.3 is 19.6 Å². The predicted octanol–water partition coefficient (Wildman–Crippen LogP) is 3.22. The number of hydrogen-bond donors (Lipinski definition) is 1. The van der Waals surface area contributed by atoms with E-state index in [9.17, 15) is 4.79 Å². The number of nitrogens with zero attached hydrogens (tertiary/aromatic N) is 2. The van der Waals surface area contributed by atoms with Crippen molar-refractivity contribution in [2.45, 2.75) is 13.8 Å². The summed E-state index contributed by atoms with van der Waals surface area (Å²) in [6.07, 6.45) is 2.03. The van der Waals surface area contributed by atoms with Crippen LogP contribution in [0.25, 0.3) is 27.8 Å². The molecule has 3 aromatic heterocycles. The van der Waals surface area contributed by atoms with E-state index < -0.39 is 0 Å². The zero-order chi connectivity index (χ0) is 16.8. The molecule has 0 amide bonds. The first-order chi connectivity index (χ1) is 11.6. The Balaban J connectivity index is 0.00000121. The van der Waals surface area contributed by atoms with Crippen LogP contribution in [0.2, 0.25) is 0 Å². The molecule has 0 radical (unpaired) electrons. The smallest absolute Gasteiger partial charge is 0.248 e. The van der Waals surface area contributed by atoms with Crippen molar-refractivity contribution >= 4 is 33.5 Å². The average Bonchev–Trinajstić information content (AvgIpc) is 2.89. The molecular formula is C19H20BrN3O3. The summed E-state index contributed by atoms with van der Waals surface area (Å²) in [6.45, 7) is 4.10. The Morgan fingerprint density at radius 1 is 1.12 bits per heavy atom. The van der Waals surface area contributed by atoms with E-state index in [1.807, 2.05) is 31.3 Å². The topological polar surface area (TPSA) is 90.9 Å². The third-order valence-corrected chi connectivity index (χ3v) is 4.35. The number of pyridine rings is 2. The minimum absolute atomic E-state index is 0. The van der Waals surface area contributed by atoms with Crippen LogP contribution in [0, 0.1) is 13.8 Å². The van der Waals surface area contributed by atoms with E-state index in [0.717, 1.165) is 28.0 Å². The molecule has 26 heavy (non-hydrogen) atoms. The molecule has 1 aromatic carbocycles. The van der Waals surface area contributed by atoms with Gasteiger partial charge in [-0.1, -0.05) is 0 Å². The predicted molar refractivity (Wildman–Crippen MR) is 109 cm³/mol. The molecule has 0 aliphatic carbocycles. The van der Waals surface area contributed by atoms with Gasteiger partial charge in [-0.15, -0.1) is 17.0 Å². The third-order valence-electron chi connectivity index (χ3n) is 4.35. The molecule has 0 spiro atoms. The molecule has 136 valence electrons. The van der Waals surface area contributed by atoms with E-state index in [0.29, 0.717) is 11.3 Å². The van der Waals surface area contributed by atoms with Gasteiger partial charge in [-0.2, -0.15) is 0 Å². The van der Waals surface area contributed by atoms with Gasteiger partial charge in [0.05, 0.1) is 18.3 Å². The number of H-pyrrole nitrogens is 1. The second-order valence-corrected chi connectivity index (χ2v) is 5.90. The van der Waals surface area contributed by atoms with Gasteiger partial charge in [0.15, 0.2) is 0 Å². The Labute approximate surface area is 160 Å². The van der Waals surface area contributed by atoms with Gasteiger partial charge in [-0.05, 0) is 49.7 Å². The van der Waals surface area contributed by atoms with Gasteiger partial charge in [-0.3, -0.25) is 4.79 Å². The Morgan fingerprint density at radius 3 is 2.62 bits per heavy atom. The van der Waals surface area contributed by atoms with Gasteiger partial charge in [0, 0.05) is 28.9 Å². The largest absolute Gasteiger partial charge is 0.495 e. The molecule has 6 nitrogen and oxygen atoms in total. The van der Waals surface area contributed by atoms with Crippen molar-refractivity contribution in [3.05, 3.63) is 64.2 Å². The molecule has 7 heteroatoms. The molecule has 4 aromatic rings. The number of hydrogen-bond acceptors (Lipinski definition) is 3. The summed E-state index contributed by atoms with van der Waals surface area (Å²) in [5.74, 6) is 0.642. The lowest BCUT2D eigenvalue weighted by Gasteiger charge is -2.09. The second kappa shape index (κ2) is 7.31. The number of halogens is 1. The average molecular weight is 418 g/mol. The van der Waals surface area contributed by atoms with Crippen molar-refractivity contribution < 1.29 is 10.2 Å². The van der Waals surface area contributed by atoms with Crippen LogP contribution in [-0.4, -0.2) is 27.0 Å². The van der Waals surface area contributed by atoms with Gasteiger partial charge >= 0.3 is 0 Å². The summed E-state index contributed by atoms with van der Waals surface area (Å²) in [5.41, 5.74) is 5.55. The molecule has 4 rings (SSSR count). The molecule has 0 saturated carbocycles. The Morgan fingerprint density at radius 2 is 1.88 bits per heavy atom. The number of aryl methyl sites for hydroxylation is 2. The number of imidazole rings is 1.